The number of nitrogens with one attached hydrogen (secondary N) is 1. The van der Waals surface area contributed by atoms with Gasteiger partial charge in [-0.05, 0) is 24.3 Å². The van der Waals surface area contributed by atoms with Crippen LogP contribution in [0.15, 0.2) is 73.4 Å². The summed E-state index contributed by atoms with van der Waals surface area (Å²) in [5.74, 6) is -0.433. The summed E-state index contributed by atoms with van der Waals surface area (Å²) >= 11 is 0. The van der Waals surface area contributed by atoms with Crippen LogP contribution in [0.3, 0.4) is 0 Å². The van der Waals surface area contributed by atoms with Gasteiger partial charge >= 0.3 is 0 Å². The number of hydrogen-bond donors (Lipinski definition) is 1. The third kappa shape index (κ3) is 3.57. The third-order valence-electron chi connectivity index (χ3n) is 3.82. The van der Waals surface area contributed by atoms with Crippen molar-refractivity contribution in [2.45, 2.75) is 0 Å². The molecule has 3 aromatic rings. The molecular formula is C21H16N3O2. The lowest BCUT2D eigenvalue weighted by atomic mass is 9.99. The van der Waals surface area contributed by atoms with Crippen LogP contribution in [0.4, 0.5) is 0 Å². The predicted octanol–water partition coefficient (Wildman–Crippen LogP) is 2.95. The maximum Gasteiger partial charge on any atom is 0.254 e. The summed E-state index contributed by atoms with van der Waals surface area (Å²) in [5.41, 5.74) is 2.73. The highest BCUT2D eigenvalue weighted by Gasteiger charge is 2.19. The van der Waals surface area contributed by atoms with Gasteiger partial charge in [0.25, 0.3) is 5.91 Å². The van der Waals surface area contributed by atoms with Gasteiger partial charge in [0.2, 0.25) is 6.29 Å². The number of carbonyl (C=O) groups excluding carboxylic acids is 2. The lowest BCUT2D eigenvalue weighted by molar-refractivity contribution is -0.115. The minimum atomic E-state index is -0.433. The maximum atomic E-state index is 12.7. The van der Waals surface area contributed by atoms with Gasteiger partial charge in [0.1, 0.15) is 0 Å². The molecule has 0 aliphatic rings. The molecule has 0 aliphatic carbocycles. The van der Waals surface area contributed by atoms with Crippen LogP contribution in [0, 0.1) is 0 Å². The third-order valence-corrected chi connectivity index (χ3v) is 3.82. The molecule has 127 valence electrons. The van der Waals surface area contributed by atoms with E-state index in [0.717, 1.165) is 10.9 Å². The van der Waals surface area contributed by atoms with Gasteiger partial charge < -0.3 is 5.32 Å². The fourth-order valence-corrected chi connectivity index (χ4v) is 2.64. The first-order chi connectivity index (χ1) is 12.7. The van der Waals surface area contributed by atoms with E-state index in [9.17, 15) is 9.59 Å². The molecule has 3 rings (SSSR count). The van der Waals surface area contributed by atoms with E-state index in [4.69, 9.17) is 0 Å². The Bertz CT molecular complexity index is 994. The highest BCUT2D eigenvalue weighted by Crippen LogP contribution is 2.27. The molecule has 5 nitrogen and oxygen atoms in total. The number of allylic oxidation sites excluding steroid dienone is 2. The summed E-state index contributed by atoms with van der Waals surface area (Å²) < 4.78 is 0. The number of rotatable bonds is 6. The topological polar surface area (TPSA) is 72.0 Å². The molecule has 0 unspecified atom stereocenters. The fraction of sp³-hybridized carbons (Fsp3) is 0.0476. The van der Waals surface area contributed by atoms with E-state index in [1.165, 1.54) is 0 Å². The minimum absolute atomic E-state index is 0.204. The lowest BCUT2D eigenvalue weighted by Crippen LogP contribution is -2.27. The molecule has 0 saturated heterocycles. The van der Waals surface area contributed by atoms with Crippen LogP contribution < -0.4 is 5.32 Å². The van der Waals surface area contributed by atoms with Crippen LogP contribution in [0.5, 0.6) is 0 Å². The molecule has 5 heteroatoms. The Morgan fingerprint density at radius 2 is 1.88 bits per heavy atom. The van der Waals surface area contributed by atoms with E-state index >= 15 is 0 Å². The van der Waals surface area contributed by atoms with Crippen molar-refractivity contribution in [1.82, 2.24) is 15.3 Å². The molecule has 1 amide bonds. The van der Waals surface area contributed by atoms with Crippen molar-refractivity contribution in [2.24, 2.45) is 0 Å². The van der Waals surface area contributed by atoms with Crippen LogP contribution in [0.2, 0.25) is 0 Å². The molecule has 1 radical (unpaired) electrons. The van der Waals surface area contributed by atoms with Crippen LogP contribution >= 0.6 is 0 Å². The molecular weight excluding hydrogens is 326 g/mol. The molecule has 0 bridgehead atoms. The van der Waals surface area contributed by atoms with E-state index in [-0.39, 0.29) is 6.54 Å². The van der Waals surface area contributed by atoms with Gasteiger partial charge in [-0.1, -0.05) is 43.0 Å². The summed E-state index contributed by atoms with van der Waals surface area (Å²) in [6.45, 7) is 3.64. The largest absolute Gasteiger partial charge is 0.344 e. The Morgan fingerprint density at radius 3 is 2.62 bits per heavy atom. The minimum Gasteiger partial charge on any atom is -0.344 e. The Morgan fingerprint density at radius 1 is 1.08 bits per heavy atom. The lowest BCUT2D eigenvalue weighted by Gasteiger charge is -2.12. The summed E-state index contributed by atoms with van der Waals surface area (Å²) in [4.78, 5) is 32.1. The Labute approximate surface area is 151 Å². The highest BCUT2D eigenvalue weighted by atomic mass is 16.2. The normalized spacial score (nSPS) is 11.5. The van der Waals surface area contributed by atoms with Gasteiger partial charge in [-0.3, -0.25) is 14.6 Å². The quantitative estimate of drug-likeness (QED) is 0.552. The second kappa shape index (κ2) is 7.98. The van der Waals surface area contributed by atoms with Crippen molar-refractivity contribution in [3.05, 3.63) is 84.8 Å². The zero-order valence-electron chi connectivity index (χ0n) is 14.0. The summed E-state index contributed by atoms with van der Waals surface area (Å²) in [7, 11) is 0. The average molecular weight is 342 g/mol. The molecule has 0 spiro atoms. The molecule has 1 N–H and O–H groups in total. The summed E-state index contributed by atoms with van der Waals surface area (Å²) in [6, 6.07) is 16.8. The number of nitrogens with zero attached hydrogens (tertiary/aromatic N) is 2. The van der Waals surface area contributed by atoms with Crippen LogP contribution in [-0.4, -0.2) is 28.7 Å². The molecule has 0 fully saturated rings. The van der Waals surface area contributed by atoms with Crippen molar-refractivity contribution in [3.8, 4) is 0 Å². The number of hydrogen-bond acceptors (Lipinski definition) is 4. The van der Waals surface area contributed by atoms with Gasteiger partial charge in [-0.15, -0.1) is 0 Å². The summed E-state index contributed by atoms with van der Waals surface area (Å²) in [6.07, 6.45) is 4.83. The number of amides is 1. The number of fused-ring (bicyclic) bond motifs is 1. The molecule has 2 heterocycles. The van der Waals surface area contributed by atoms with Gasteiger partial charge in [0.15, 0.2) is 0 Å². The molecule has 0 saturated carbocycles. The number of para-hydroxylation sites is 1. The Kier molecular flexibility index (Phi) is 5.29. The van der Waals surface area contributed by atoms with E-state index in [0.29, 0.717) is 22.5 Å². The van der Waals surface area contributed by atoms with Crippen LogP contribution in [0.1, 0.15) is 11.4 Å². The second-order valence-corrected chi connectivity index (χ2v) is 5.42. The van der Waals surface area contributed by atoms with Crippen molar-refractivity contribution in [2.75, 3.05) is 6.54 Å². The number of pyridine rings is 2. The number of carbonyl (C=O) groups is 1. The van der Waals surface area contributed by atoms with Crippen molar-refractivity contribution >= 4 is 34.2 Å². The fourth-order valence-electron chi connectivity index (χ4n) is 2.64. The number of benzene rings is 1. The molecule has 0 aliphatic heterocycles. The SMILES string of the molecule is C=C/C(=C(/C(=O)NC[C]=O)c1ccccn1)c1ccc2ccccc2n1. The van der Waals surface area contributed by atoms with Gasteiger partial charge in [-0.2, -0.15) is 0 Å². The standard InChI is InChI=1S/C21H16N3O2/c1-2-16(18-11-10-15-7-3-4-8-17(15)24-18)20(21(26)23-13-14-25)19-9-5-6-12-22-19/h2-12H,1,13H2,(H,23,26)/b20-16-. The summed E-state index contributed by atoms with van der Waals surface area (Å²) in [5, 5.41) is 3.52. The monoisotopic (exact) mass is 342 g/mol. The maximum absolute atomic E-state index is 12.7. The number of aromatic nitrogens is 2. The van der Waals surface area contributed by atoms with Crippen molar-refractivity contribution in [1.29, 1.82) is 0 Å². The first-order valence-corrected chi connectivity index (χ1v) is 8.02. The molecule has 26 heavy (non-hydrogen) atoms. The average Bonchev–Trinajstić information content (AvgIpc) is 2.70. The smallest absolute Gasteiger partial charge is 0.254 e. The molecule has 1 aromatic carbocycles. The zero-order chi connectivity index (χ0) is 18.4. The van der Waals surface area contributed by atoms with E-state index in [2.05, 4.69) is 21.9 Å². The van der Waals surface area contributed by atoms with Crippen molar-refractivity contribution in [3.63, 3.8) is 0 Å². The van der Waals surface area contributed by atoms with Gasteiger partial charge in [-0.25, -0.2) is 4.98 Å². The van der Waals surface area contributed by atoms with Gasteiger partial charge in [0.05, 0.1) is 29.0 Å². The second-order valence-electron chi connectivity index (χ2n) is 5.42. The molecule has 2 aromatic heterocycles. The van der Waals surface area contributed by atoms with Crippen molar-refractivity contribution < 1.29 is 9.59 Å². The molecule has 0 atom stereocenters. The highest BCUT2D eigenvalue weighted by molar-refractivity contribution is 6.27. The van der Waals surface area contributed by atoms with Crippen LogP contribution in [0.25, 0.3) is 22.0 Å². The zero-order valence-corrected chi connectivity index (χ0v) is 14.0. The van der Waals surface area contributed by atoms with Crippen LogP contribution in [-0.2, 0) is 9.59 Å². The Hall–Kier alpha value is -3.60. The van der Waals surface area contributed by atoms with E-state index in [1.54, 1.807) is 36.8 Å². The Balaban J connectivity index is 2.20. The first kappa shape index (κ1) is 17.2. The van der Waals surface area contributed by atoms with Gasteiger partial charge in [0, 0.05) is 17.2 Å². The van der Waals surface area contributed by atoms with E-state index in [1.807, 2.05) is 36.4 Å². The predicted molar refractivity (Wildman–Crippen MR) is 102 cm³/mol. The first-order valence-electron chi connectivity index (χ1n) is 8.02. The van der Waals surface area contributed by atoms with E-state index < -0.39 is 5.91 Å².